The molecule has 2 atom stereocenters. The first-order valence-electron chi connectivity index (χ1n) is 40.6. The number of hydrogen-bond acceptors (Lipinski definition) is 5. The van der Waals surface area contributed by atoms with Crippen LogP contribution in [0, 0.1) is 0 Å². The highest BCUT2D eigenvalue weighted by Gasteiger charge is 2.20. The Labute approximate surface area is 551 Å². The fourth-order valence-electron chi connectivity index (χ4n) is 13.0. The Hall–Kier alpha value is -1.66. The van der Waals surface area contributed by atoms with Crippen LogP contribution < -0.4 is 5.32 Å². The Morgan fingerprint density at radius 1 is 0.307 bits per heavy atom. The Balaban J connectivity index is 3.35. The largest absolute Gasteiger partial charge is 0.466 e. The van der Waals surface area contributed by atoms with E-state index in [0.29, 0.717) is 25.9 Å². The molecule has 6 heteroatoms. The number of rotatable bonds is 77. The van der Waals surface area contributed by atoms with Gasteiger partial charge in [0, 0.05) is 12.8 Å². The van der Waals surface area contributed by atoms with E-state index >= 15 is 0 Å². The molecule has 0 aliphatic carbocycles. The van der Waals surface area contributed by atoms with Crippen molar-refractivity contribution in [2.75, 3.05) is 13.2 Å². The van der Waals surface area contributed by atoms with Crippen LogP contribution in [0.4, 0.5) is 0 Å². The Bertz CT molecular complexity index is 1380. The minimum atomic E-state index is -0.663. The smallest absolute Gasteiger partial charge is 0.305 e. The third-order valence-electron chi connectivity index (χ3n) is 19.2. The van der Waals surface area contributed by atoms with Gasteiger partial charge in [0.05, 0.1) is 25.4 Å². The summed E-state index contributed by atoms with van der Waals surface area (Å²) < 4.78 is 5.51. The zero-order valence-corrected chi connectivity index (χ0v) is 60.0. The van der Waals surface area contributed by atoms with Gasteiger partial charge in [-0.2, -0.15) is 0 Å². The maximum absolute atomic E-state index is 12.6. The monoisotopic (exact) mass is 1240 g/mol. The van der Waals surface area contributed by atoms with Gasteiger partial charge in [0.2, 0.25) is 5.91 Å². The average molecular weight is 1240 g/mol. The molecule has 0 aliphatic heterocycles. The van der Waals surface area contributed by atoms with Gasteiger partial charge in [-0.25, -0.2) is 0 Å². The van der Waals surface area contributed by atoms with Gasteiger partial charge in [0.1, 0.15) is 0 Å². The van der Waals surface area contributed by atoms with Gasteiger partial charge < -0.3 is 20.3 Å². The fourth-order valence-corrected chi connectivity index (χ4v) is 13.0. The molecule has 6 nitrogen and oxygen atoms in total. The number of esters is 1. The molecule has 3 N–H and O–H groups in total. The van der Waals surface area contributed by atoms with Gasteiger partial charge >= 0.3 is 5.97 Å². The first-order chi connectivity index (χ1) is 43.5. The normalized spacial score (nSPS) is 12.5. The van der Waals surface area contributed by atoms with Crippen molar-refractivity contribution in [1.82, 2.24) is 5.32 Å². The van der Waals surface area contributed by atoms with Crippen LogP contribution in [0.5, 0.6) is 0 Å². The van der Waals surface area contributed by atoms with E-state index in [9.17, 15) is 19.8 Å². The molecular formula is C82H159NO5. The van der Waals surface area contributed by atoms with Crippen LogP contribution in [0.1, 0.15) is 463 Å². The van der Waals surface area contributed by atoms with E-state index < -0.39 is 12.1 Å². The zero-order chi connectivity index (χ0) is 63.5. The summed E-state index contributed by atoms with van der Waals surface area (Å²) in [5.74, 6) is -0.0105. The number of aliphatic hydroxyl groups excluding tert-OH is 2. The molecule has 0 fully saturated rings. The third kappa shape index (κ3) is 73.4. The summed E-state index contributed by atoms with van der Waals surface area (Å²) in [6.07, 6.45) is 99.9. The molecular weight excluding hydrogens is 1080 g/mol. The topological polar surface area (TPSA) is 95.9 Å². The van der Waals surface area contributed by atoms with E-state index in [0.717, 1.165) is 44.9 Å². The number of nitrogens with one attached hydrogen (secondary N) is 1. The van der Waals surface area contributed by atoms with Crippen molar-refractivity contribution < 1.29 is 24.5 Å². The molecule has 0 aliphatic rings. The Kier molecular flexibility index (Phi) is 76.3. The molecule has 0 aromatic heterocycles. The van der Waals surface area contributed by atoms with Crippen LogP contribution in [0.3, 0.4) is 0 Å². The van der Waals surface area contributed by atoms with Crippen molar-refractivity contribution in [3.05, 3.63) is 24.3 Å². The van der Waals surface area contributed by atoms with Crippen LogP contribution >= 0.6 is 0 Å². The van der Waals surface area contributed by atoms with Gasteiger partial charge in [-0.1, -0.05) is 398 Å². The number of aliphatic hydroxyl groups is 2. The molecule has 0 rings (SSSR count). The van der Waals surface area contributed by atoms with Crippen molar-refractivity contribution >= 4 is 11.9 Å². The van der Waals surface area contributed by atoms with Crippen molar-refractivity contribution in [3.63, 3.8) is 0 Å². The maximum Gasteiger partial charge on any atom is 0.305 e. The predicted molar refractivity (Wildman–Crippen MR) is 389 cm³/mol. The summed E-state index contributed by atoms with van der Waals surface area (Å²) in [5.41, 5.74) is 0. The lowest BCUT2D eigenvalue weighted by atomic mass is 10.0. The second-order valence-electron chi connectivity index (χ2n) is 28.1. The minimum absolute atomic E-state index is 0.0165. The summed E-state index contributed by atoms with van der Waals surface area (Å²) >= 11 is 0. The van der Waals surface area contributed by atoms with E-state index in [-0.39, 0.29) is 18.5 Å². The number of carbonyl (C=O) groups excluding carboxylic acids is 2. The molecule has 0 saturated heterocycles. The predicted octanol–water partition coefficient (Wildman–Crippen LogP) is 26.8. The van der Waals surface area contributed by atoms with Crippen LogP contribution in [-0.4, -0.2) is 47.4 Å². The number of ether oxygens (including phenoxy) is 1. The van der Waals surface area contributed by atoms with Gasteiger partial charge in [-0.05, 0) is 77.0 Å². The first kappa shape index (κ1) is 86.3. The van der Waals surface area contributed by atoms with Crippen molar-refractivity contribution in [1.29, 1.82) is 0 Å². The van der Waals surface area contributed by atoms with Gasteiger partial charge in [0.15, 0.2) is 0 Å². The highest BCUT2D eigenvalue weighted by Crippen LogP contribution is 2.20. The van der Waals surface area contributed by atoms with E-state index in [2.05, 4.69) is 43.5 Å². The van der Waals surface area contributed by atoms with Gasteiger partial charge in [-0.15, -0.1) is 0 Å². The van der Waals surface area contributed by atoms with Crippen LogP contribution in [0.15, 0.2) is 24.3 Å². The molecule has 0 bridgehead atoms. The fraction of sp³-hybridized carbons (Fsp3) is 0.927. The quantitative estimate of drug-likeness (QED) is 0.0320. The highest BCUT2D eigenvalue weighted by molar-refractivity contribution is 5.76. The van der Waals surface area contributed by atoms with Gasteiger partial charge in [0.25, 0.3) is 0 Å². The Morgan fingerprint density at radius 2 is 0.534 bits per heavy atom. The summed E-state index contributed by atoms with van der Waals surface area (Å²) in [7, 11) is 0. The molecule has 88 heavy (non-hydrogen) atoms. The van der Waals surface area contributed by atoms with E-state index in [1.54, 1.807) is 0 Å². The lowest BCUT2D eigenvalue weighted by molar-refractivity contribution is -0.143. The van der Waals surface area contributed by atoms with E-state index in [4.69, 9.17) is 4.74 Å². The van der Waals surface area contributed by atoms with E-state index in [1.165, 1.54) is 385 Å². The highest BCUT2D eigenvalue weighted by atomic mass is 16.5. The lowest BCUT2D eigenvalue weighted by Gasteiger charge is -2.22. The van der Waals surface area contributed by atoms with Crippen LogP contribution in [-0.2, 0) is 14.3 Å². The number of amides is 1. The SMILES string of the molecule is CCCCCCCCC/C=C\CCCCCCCCCC(=O)OCCCCCCCCCCCCCC/C=C\CCCCCCCCCCCCCCCCCCC(=O)NC(CO)C(O)CCCCCCCCCCCCCCCCCCCCCCC. The standard InChI is InChI=1S/C82H159NO5/c1-3-5-7-9-11-13-15-17-19-21-23-36-39-42-46-50-54-58-62-66-70-74-80(85)79(78-84)83-81(86)75-71-67-63-59-55-51-47-43-40-37-34-32-30-28-26-24-25-27-29-31-33-35-38-41-45-49-53-57-61-65-69-73-77-88-82(87)76-72-68-64-60-56-52-48-44-22-20-18-16-14-12-10-8-6-4-2/h20,22,27,29,79-80,84-85H,3-19,21,23-26,28,30-78H2,1-2H3,(H,83,86)/b22-20-,29-27-. The van der Waals surface area contributed by atoms with Crippen LogP contribution in [0.2, 0.25) is 0 Å². The Morgan fingerprint density at radius 3 is 0.807 bits per heavy atom. The molecule has 1 amide bonds. The molecule has 0 aromatic rings. The molecule has 0 saturated carbocycles. The summed E-state index contributed by atoms with van der Waals surface area (Å²) in [6.45, 7) is 5.00. The van der Waals surface area contributed by atoms with E-state index in [1.807, 2.05) is 0 Å². The second-order valence-corrected chi connectivity index (χ2v) is 28.1. The molecule has 522 valence electrons. The molecule has 0 radical (unpaired) electrons. The maximum atomic E-state index is 12.6. The molecule has 0 spiro atoms. The van der Waals surface area contributed by atoms with Crippen LogP contribution in [0.25, 0.3) is 0 Å². The number of carbonyl (C=O) groups is 2. The average Bonchev–Trinajstić information content (AvgIpc) is 3.55. The number of hydrogen-bond donors (Lipinski definition) is 3. The molecule has 0 heterocycles. The molecule has 0 aromatic carbocycles. The third-order valence-corrected chi connectivity index (χ3v) is 19.2. The summed E-state index contributed by atoms with van der Waals surface area (Å²) in [4.78, 5) is 24.7. The summed E-state index contributed by atoms with van der Waals surface area (Å²) in [6, 6.07) is -0.540. The van der Waals surface area contributed by atoms with Crippen molar-refractivity contribution in [3.8, 4) is 0 Å². The first-order valence-corrected chi connectivity index (χ1v) is 40.6. The second kappa shape index (κ2) is 77.8. The lowest BCUT2D eigenvalue weighted by Crippen LogP contribution is -2.45. The number of unbranched alkanes of at least 4 members (excludes halogenated alkanes) is 62. The zero-order valence-electron chi connectivity index (χ0n) is 60.0. The van der Waals surface area contributed by atoms with Gasteiger partial charge in [-0.3, -0.25) is 9.59 Å². The minimum Gasteiger partial charge on any atom is -0.466 e. The van der Waals surface area contributed by atoms with Crippen molar-refractivity contribution in [2.24, 2.45) is 0 Å². The number of allylic oxidation sites excluding steroid dienone is 4. The molecule has 2 unspecified atom stereocenters. The summed E-state index contributed by atoms with van der Waals surface area (Å²) in [5, 5.41) is 23.5. The van der Waals surface area contributed by atoms with Crippen molar-refractivity contribution in [2.45, 2.75) is 475 Å².